The number of fused-ring (bicyclic) bond motifs is 3. The van der Waals surface area contributed by atoms with Crippen LogP contribution in [0.5, 0.6) is 5.75 Å². The minimum absolute atomic E-state index is 0.141. The zero-order valence-electron chi connectivity index (χ0n) is 24.2. The Labute approximate surface area is 236 Å². The maximum Gasteiger partial charge on any atom is 0.310 e. The SMILES string of the molecule is CC(C)(C)O.COC(=O)Cc1c(C)nc2cc(-c3ccc4c(c3)CCCC4)nn2c1-c1ccc2c(c1)CCCO2. The van der Waals surface area contributed by atoms with Crippen LogP contribution in [0.1, 0.15) is 68.0 Å². The van der Waals surface area contributed by atoms with Gasteiger partial charge in [-0.25, -0.2) is 9.50 Å². The number of aryl methyl sites for hydroxylation is 4. The average molecular weight is 542 g/mol. The molecule has 0 saturated heterocycles. The lowest BCUT2D eigenvalue weighted by Gasteiger charge is -2.19. The molecule has 1 N–H and O–H groups in total. The van der Waals surface area contributed by atoms with E-state index in [-0.39, 0.29) is 12.4 Å². The molecule has 0 saturated carbocycles. The van der Waals surface area contributed by atoms with Crippen LogP contribution in [0.2, 0.25) is 0 Å². The molecule has 0 amide bonds. The van der Waals surface area contributed by atoms with Gasteiger partial charge in [-0.05, 0) is 107 Å². The Morgan fingerprint density at radius 2 is 1.65 bits per heavy atom. The molecular formula is C33H39N3O4. The minimum Gasteiger partial charge on any atom is -0.493 e. The van der Waals surface area contributed by atoms with Crippen LogP contribution in [0.25, 0.3) is 28.2 Å². The number of aromatic nitrogens is 3. The number of benzene rings is 2. The van der Waals surface area contributed by atoms with Gasteiger partial charge in [-0.15, -0.1) is 0 Å². The van der Waals surface area contributed by atoms with E-state index in [4.69, 9.17) is 24.7 Å². The summed E-state index contributed by atoms with van der Waals surface area (Å²) >= 11 is 0. The molecule has 0 atom stereocenters. The van der Waals surface area contributed by atoms with Crippen molar-refractivity contribution in [3.05, 3.63) is 70.4 Å². The maximum atomic E-state index is 12.3. The third kappa shape index (κ3) is 6.20. The largest absolute Gasteiger partial charge is 0.493 e. The third-order valence-electron chi connectivity index (χ3n) is 7.28. The molecule has 7 nitrogen and oxygen atoms in total. The standard InChI is InChI=1S/C29H29N3O3.C4H10O/c1-18-24(16-28(33)34-2)29(23-11-12-26-22(15-23)8-5-13-35-26)32-27(30-18)17-25(31-32)21-10-9-19-6-3-4-7-20(19)14-21;1-4(2,3)5/h9-12,14-15,17H,3-8,13,16H2,1-2H3;5H,1-3H3. The second kappa shape index (κ2) is 11.4. The Morgan fingerprint density at radius 1 is 0.975 bits per heavy atom. The van der Waals surface area contributed by atoms with Gasteiger partial charge in [0.05, 0.1) is 37.1 Å². The molecule has 3 heterocycles. The van der Waals surface area contributed by atoms with Crippen molar-refractivity contribution in [2.75, 3.05) is 13.7 Å². The lowest BCUT2D eigenvalue weighted by Crippen LogP contribution is -2.13. The third-order valence-corrected chi connectivity index (χ3v) is 7.28. The highest BCUT2D eigenvalue weighted by Gasteiger charge is 2.22. The number of hydrogen-bond acceptors (Lipinski definition) is 6. The Kier molecular flexibility index (Phi) is 7.95. The highest BCUT2D eigenvalue weighted by atomic mass is 16.5. The highest BCUT2D eigenvalue weighted by Crippen LogP contribution is 2.34. The van der Waals surface area contributed by atoms with Crippen molar-refractivity contribution < 1.29 is 19.4 Å². The Bertz CT molecular complexity index is 1540. The quantitative estimate of drug-likeness (QED) is 0.316. The van der Waals surface area contributed by atoms with Gasteiger partial charge in [0.15, 0.2) is 5.65 Å². The van der Waals surface area contributed by atoms with Crippen molar-refractivity contribution in [2.24, 2.45) is 0 Å². The number of carbonyl (C=O) groups excluding carboxylic acids is 1. The van der Waals surface area contributed by atoms with Crippen LogP contribution in [0, 0.1) is 6.92 Å². The van der Waals surface area contributed by atoms with Crippen molar-refractivity contribution in [3.63, 3.8) is 0 Å². The Balaban J connectivity index is 0.000000595. The molecule has 2 aromatic heterocycles. The molecule has 2 aliphatic rings. The highest BCUT2D eigenvalue weighted by molar-refractivity contribution is 5.79. The lowest BCUT2D eigenvalue weighted by molar-refractivity contribution is -0.139. The molecule has 0 radical (unpaired) electrons. The second-order valence-electron chi connectivity index (χ2n) is 11.7. The van der Waals surface area contributed by atoms with E-state index in [0.29, 0.717) is 0 Å². The predicted octanol–water partition coefficient (Wildman–Crippen LogP) is 6.07. The fraction of sp³-hybridized carbons (Fsp3) is 0.424. The van der Waals surface area contributed by atoms with E-state index in [1.165, 1.54) is 36.6 Å². The molecule has 1 aliphatic carbocycles. The molecule has 1 aliphatic heterocycles. The van der Waals surface area contributed by atoms with E-state index in [1.54, 1.807) is 20.8 Å². The summed E-state index contributed by atoms with van der Waals surface area (Å²) < 4.78 is 12.7. The van der Waals surface area contributed by atoms with E-state index in [9.17, 15) is 4.79 Å². The van der Waals surface area contributed by atoms with Gasteiger partial charge in [0.2, 0.25) is 0 Å². The number of carbonyl (C=O) groups is 1. The van der Waals surface area contributed by atoms with E-state index in [2.05, 4.69) is 30.3 Å². The van der Waals surface area contributed by atoms with E-state index < -0.39 is 5.60 Å². The summed E-state index contributed by atoms with van der Waals surface area (Å²) in [6, 6.07) is 15.0. The van der Waals surface area contributed by atoms with Crippen LogP contribution in [-0.4, -0.2) is 45.0 Å². The van der Waals surface area contributed by atoms with Crippen LogP contribution in [0.3, 0.4) is 0 Å². The summed E-state index contributed by atoms with van der Waals surface area (Å²) in [4.78, 5) is 17.2. The summed E-state index contributed by atoms with van der Waals surface area (Å²) in [7, 11) is 1.42. The molecule has 210 valence electrons. The Hall–Kier alpha value is -3.71. The summed E-state index contributed by atoms with van der Waals surface area (Å²) in [6.07, 6.45) is 6.91. The fourth-order valence-electron chi connectivity index (χ4n) is 5.42. The van der Waals surface area contributed by atoms with Crippen molar-refractivity contribution in [3.8, 4) is 28.3 Å². The van der Waals surface area contributed by atoms with E-state index in [0.717, 1.165) is 77.5 Å². The van der Waals surface area contributed by atoms with Gasteiger partial charge in [-0.2, -0.15) is 5.10 Å². The fourth-order valence-corrected chi connectivity index (χ4v) is 5.42. The van der Waals surface area contributed by atoms with Gasteiger partial charge in [0.25, 0.3) is 0 Å². The number of methoxy groups -OCH3 is 1. The van der Waals surface area contributed by atoms with Crippen LogP contribution >= 0.6 is 0 Å². The van der Waals surface area contributed by atoms with Crippen LogP contribution in [0.4, 0.5) is 0 Å². The zero-order valence-corrected chi connectivity index (χ0v) is 24.2. The lowest BCUT2D eigenvalue weighted by atomic mass is 9.90. The minimum atomic E-state index is -0.500. The predicted molar refractivity (Wildman–Crippen MR) is 157 cm³/mol. The van der Waals surface area contributed by atoms with Crippen LogP contribution in [0.15, 0.2) is 42.5 Å². The summed E-state index contributed by atoms with van der Waals surface area (Å²) in [5, 5.41) is 13.5. The zero-order chi connectivity index (χ0) is 28.4. The first kappa shape index (κ1) is 27.8. The van der Waals surface area contributed by atoms with E-state index >= 15 is 0 Å². The molecule has 7 heteroatoms. The molecule has 2 aromatic carbocycles. The molecule has 6 rings (SSSR count). The number of esters is 1. The summed E-state index contributed by atoms with van der Waals surface area (Å²) in [5.74, 6) is 0.644. The average Bonchev–Trinajstić information content (AvgIpc) is 3.35. The van der Waals surface area contributed by atoms with E-state index in [1.807, 2.05) is 23.6 Å². The first-order chi connectivity index (χ1) is 19.1. The molecule has 0 fully saturated rings. The van der Waals surface area contributed by atoms with Crippen molar-refractivity contribution in [1.29, 1.82) is 0 Å². The van der Waals surface area contributed by atoms with Gasteiger partial charge in [0.1, 0.15) is 5.75 Å². The topological polar surface area (TPSA) is 86.0 Å². The first-order valence-electron chi connectivity index (χ1n) is 14.2. The van der Waals surface area contributed by atoms with Crippen molar-refractivity contribution >= 4 is 11.6 Å². The van der Waals surface area contributed by atoms with Crippen molar-refractivity contribution in [1.82, 2.24) is 14.6 Å². The van der Waals surface area contributed by atoms with Gasteiger partial charge < -0.3 is 14.6 Å². The molecular weight excluding hydrogens is 502 g/mol. The second-order valence-corrected chi connectivity index (χ2v) is 11.7. The van der Waals surface area contributed by atoms with Crippen LogP contribution in [-0.2, 0) is 35.2 Å². The molecule has 0 spiro atoms. The maximum absolute atomic E-state index is 12.3. The molecule has 0 unspecified atom stereocenters. The number of nitrogens with zero attached hydrogens (tertiary/aromatic N) is 3. The summed E-state index contributed by atoms with van der Waals surface area (Å²) in [6.45, 7) is 7.93. The summed E-state index contributed by atoms with van der Waals surface area (Å²) in [5.41, 5.74) is 9.86. The number of rotatable bonds is 4. The Morgan fingerprint density at radius 3 is 2.40 bits per heavy atom. The molecule has 4 aromatic rings. The van der Waals surface area contributed by atoms with Gasteiger partial charge >= 0.3 is 5.97 Å². The normalized spacial score (nSPS) is 14.4. The number of ether oxygens (including phenoxy) is 2. The van der Waals surface area contributed by atoms with Crippen LogP contribution < -0.4 is 4.74 Å². The van der Waals surface area contributed by atoms with Crippen molar-refractivity contribution in [2.45, 2.75) is 78.2 Å². The number of aliphatic hydroxyl groups is 1. The molecule has 40 heavy (non-hydrogen) atoms. The van der Waals surface area contributed by atoms with Gasteiger partial charge in [-0.3, -0.25) is 4.79 Å². The molecule has 0 bridgehead atoms. The van der Waals surface area contributed by atoms with Gasteiger partial charge in [0, 0.05) is 28.5 Å². The first-order valence-corrected chi connectivity index (χ1v) is 14.2. The van der Waals surface area contributed by atoms with Gasteiger partial charge in [-0.1, -0.05) is 12.1 Å². The monoisotopic (exact) mass is 541 g/mol. The smallest absolute Gasteiger partial charge is 0.310 e. The number of hydrogen-bond donors (Lipinski definition) is 1.